The van der Waals surface area contributed by atoms with Crippen LogP contribution in [0.1, 0.15) is 36.0 Å². The van der Waals surface area contributed by atoms with Gasteiger partial charge in [0.15, 0.2) is 0 Å². The molecule has 0 bridgehead atoms. The quantitative estimate of drug-likeness (QED) is 0.839. The van der Waals surface area contributed by atoms with E-state index in [4.69, 9.17) is 0 Å². The molecule has 2 N–H and O–H groups in total. The molecule has 1 aromatic carbocycles. The monoisotopic (exact) mass is 389 g/mol. The molecular formula is C23H27N5O. The zero-order valence-corrected chi connectivity index (χ0v) is 16.7. The molecule has 3 heterocycles. The van der Waals surface area contributed by atoms with Crippen molar-refractivity contribution in [2.24, 2.45) is 0 Å². The molecule has 1 aromatic heterocycles. The van der Waals surface area contributed by atoms with Crippen molar-refractivity contribution >= 4 is 23.0 Å². The minimum atomic E-state index is -0.123. The molecule has 6 heteroatoms. The van der Waals surface area contributed by atoms with Crippen LogP contribution in [0.15, 0.2) is 42.7 Å². The van der Waals surface area contributed by atoms with Crippen LogP contribution in [0.2, 0.25) is 0 Å². The fraction of sp³-hybridized carbons (Fsp3) is 0.391. The number of hydrogen-bond acceptors (Lipinski definition) is 4. The number of amides is 2. The summed E-state index contributed by atoms with van der Waals surface area (Å²) in [6.45, 7) is 5.66. The second-order valence-corrected chi connectivity index (χ2v) is 8.12. The summed E-state index contributed by atoms with van der Waals surface area (Å²) in [6, 6.07) is 8.52. The summed E-state index contributed by atoms with van der Waals surface area (Å²) in [5.41, 5.74) is 7.36. The molecule has 6 nitrogen and oxygen atoms in total. The van der Waals surface area contributed by atoms with Crippen LogP contribution in [0, 0.1) is 0 Å². The molecule has 0 unspecified atom stereocenters. The lowest BCUT2D eigenvalue weighted by molar-refractivity contribution is 0.249. The number of rotatable bonds is 4. The van der Waals surface area contributed by atoms with Crippen molar-refractivity contribution in [2.45, 2.75) is 32.4 Å². The van der Waals surface area contributed by atoms with Gasteiger partial charge in [-0.25, -0.2) is 4.79 Å². The van der Waals surface area contributed by atoms with Gasteiger partial charge in [-0.05, 0) is 65.8 Å². The summed E-state index contributed by atoms with van der Waals surface area (Å²) in [6.07, 6.45) is 10.0. The first kappa shape index (κ1) is 18.2. The second-order valence-electron chi connectivity index (χ2n) is 8.12. The number of urea groups is 1. The molecule has 0 spiro atoms. The number of carbonyl (C=O) groups is 1. The fourth-order valence-electron chi connectivity index (χ4n) is 4.49. The minimum absolute atomic E-state index is 0.123. The van der Waals surface area contributed by atoms with Crippen molar-refractivity contribution in [3.05, 3.63) is 59.4 Å². The zero-order chi connectivity index (χ0) is 19.6. The Kier molecular flexibility index (Phi) is 4.94. The highest BCUT2D eigenvalue weighted by Crippen LogP contribution is 2.28. The predicted molar refractivity (Wildman–Crippen MR) is 116 cm³/mol. The maximum absolute atomic E-state index is 11.4. The van der Waals surface area contributed by atoms with Crippen molar-refractivity contribution in [3.63, 3.8) is 0 Å². The number of nitrogens with zero attached hydrogens (tertiary/aromatic N) is 3. The van der Waals surface area contributed by atoms with Gasteiger partial charge in [-0.15, -0.1) is 0 Å². The van der Waals surface area contributed by atoms with Crippen LogP contribution in [0.4, 0.5) is 16.2 Å². The summed E-state index contributed by atoms with van der Waals surface area (Å²) in [5.74, 6) is 0. The lowest BCUT2D eigenvalue weighted by Gasteiger charge is -2.36. The number of hydrogen-bond donors (Lipinski definition) is 2. The molecule has 0 atom stereocenters. The van der Waals surface area contributed by atoms with Crippen molar-refractivity contribution in [1.29, 1.82) is 0 Å². The van der Waals surface area contributed by atoms with Crippen molar-refractivity contribution in [2.75, 3.05) is 36.4 Å². The van der Waals surface area contributed by atoms with Gasteiger partial charge in [0.25, 0.3) is 0 Å². The van der Waals surface area contributed by atoms with Gasteiger partial charge in [-0.3, -0.25) is 9.88 Å². The largest absolute Gasteiger partial charge is 0.369 e. The first-order valence-electron chi connectivity index (χ1n) is 10.5. The van der Waals surface area contributed by atoms with Gasteiger partial charge in [-0.2, -0.15) is 0 Å². The van der Waals surface area contributed by atoms with Gasteiger partial charge in [-0.1, -0.05) is 6.08 Å². The minimum Gasteiger partial charge on any atom is -0.369 e. The fourth-order valence-corrected chi connectivity index (χ4v) is 4.49. The topological polar surface area (TPSA) is 60.5 Å². The van der Waals surface area contributed by atoms with Crippen LogP contribution in [-0.4, -0.2) is 42.1 Å². The molecule has 0 radical (unpaired) electrons. The second kappa shape index (κ2) is 7.87. The van der Waals surface area contributed by atoms with Gasteiger partial charge in [0.05, 0.1) is 0 Å². The highest BCUT2D eigenvalue weighted by atomic mass is 16.2. The highest BCUT2D eigenvalue weighted by Gasteiger charge is 2.20. The van der Waals surface area contributed by atoms with Crippen molar-refractivity contribution in [3.8, 4) is 0 Å². The summed E-state index contributed by atoms with van der Waals surface area (Å²) in [5, 5.41) is 5.70. The molecule has 2 aliphatic heterocycles. The summed E-state index contributed by atoms with van der Waals surface area (Å²) in [7, 11) is 0. The Hall–Kier alpha value is -2.86. The number of carbonyl (C=O) groups excluding carboxylic acids is 1. The molecule has 3 aliphatic rings. The van der Waals surface area contributed by atoms with E-state index in [2.05, 4.69) is 49.7 Å². The van der Waals surface area contributed by atoms with Crippen molar-refractivity contribution < 1.29 is 4.79 Å². The number of fused-ring (bicyclic) bond motifs is 1. The number of nitrogens with one attached hydrogen (secondary N) is 2. The maximum atomic E-state index is 11.4. The van der Waals surface area contributed by atoms with E-state index in [-0.39, 0.29) is 6.03 Å². The summed E-state index contributed by atoms with van der Waals surface area (Å²) in [4.78, 5) is 20.9. The van der Waals surface area contributed by atoms with E-state index in [0.29, 0.717) is 6.54 Å². The molecular weight excluding hydrogens is 362 g/mol. The molecule has 0 saturated carbocycles. The van der Waals surface area contributed by atoms with E-state index in [1.807, 2.05) is 18.5 Å². The van der Waals surface area contributed by atoms with Crippen LogP contribution in [0.25, 0.3) is 5.57 Å². The van der Waals surface area contributed by atoms with Crippen LogP contribution in [-0.2, 0) is 13.1 Å². The van der Waals surface area contributed by atoms with Crippen molar-refractivity contribution in [1.82, 2.24) is 15.2 Å². The maximum Gasteiger partial charge on any atom is 0.319 e. The Balaban J connectivity index is 1.20. The lowest BCUT2D eigenvalue weighted by Crippen LogP contribution is -2.46. The molecule has 29 heavy (non-hydrogen) atoms. The van der Waals surface area contributed by atoms with E-state index in [1.165, 1.54) is 41.6 Å². The molecule has 2 amide bonds. The number of piperazine rings is 1. The molecule has 2 aromatic rings. The average molecular weight is 390 g/mol. The first-order chi connectivity index (χ1) is 14.2. The molecule has 1 fully saturated rings. The third-order valence-corrected chi connectivity index (χ3v) is 6.13. The lowest BCUT2D eigenvalue weighted by atomic mass is 10.1. The standard InChI is InChI=1S/C23H27N5O/c29-23-25-15-20-12-21(5-6-22(20)26-23)28-9-7-27(8-10-28)16-17-11-19(14-24-13-17)18-3-1-2-4-18/h3,5-6,11-14H,1-2,4,7-10,15-16H2,(H2,25,26,29). The van der Waals surface area contributed by atoms with Gasteiger partial charge in [0.2, 0.25) is 0 Å². The van der Waals surface area contributed by atoms with Gasteiger partial charge >= 0.3 is 6.03 Å². The number of benzene rings is 1. The van der Waals surface area contributed by atoms with E-state index < -0.39 is 0 Å². The third-order valence-electron chi connectivity index (χ3n) is 6.13. The van der Waals surface area contributed by atoms with Crippen LogP contribution < -0.4 is 15.5 Å². The smallest absolute Gasteiger partial charge is 0.319 e. The molecule has 5 rings (SSSR count). The van der Waals surface area contributed by atoms with Gasteiger partial charge in [0, 0.05) is 63.0 Å². The Morgan fingerprint density at radius 1 is 1.07 bits per heavy atom. The van der Waals surface area contributed by atoms with E-state index >= 15 is 0 Å². The summed E-state index contributed by atoms with van der Waals surface area (Å²) >= 11 is 0. The van der Waals surface area contributed by atoms with Crippen LogP contribution in [0.5, 0.6) is 0 Å². The van der Waals surface area contributed by atoms with Gasteiger partial charge < -0.3 is 15.5 Å². The van der Waals surface area contributed by atoms with E-state index in [1.54, 1.807) is 0 Å². The zero-order valence-electron chi connectivity index (χ0n) is 16.7. The molecule has 1 aliphatic carbocycles. The summed E-state index contributed by atoms with van der Waals surface area (Å²) < 4.78 is 0. The highest BCUT2D eigenvalue weighted by molar-refractivity contribution is 5.92. The van der Waals surface area contributed by atoms with Crippen LogP contribution in [0.3, 0.4) is 0 Å². The van der Waals surface area contributed by atoms with E-state index in [9.17, 15) is 4.79 Å². The Morgan fingerprint density at radius 3 is 2.79 bits per heavy atom. The number of anilines is 2. The Bertz CT molecular complexity index is 946. The third kappa shape index (κ3) is 3.98. The SMILES string of the molecule is O=C1NCc2cc(N3CCN(Cc4cncc(C5=CCCC5)c4)CC3)ccc2N1. The number of allylic oxidation sites excluding steroid dienone is 2. The van der Waals surface area contributed by atoms with Crippen LogP contribution >= 0.6 is 0 Å². The molecule has 1 saturated heterocycles. The first-order valence-corrected chi connectivity index (χ1v) is 10.5. The Labute approximate surface area is 171 Å². The number of pyridine rings is 1. The number of aromatic nitrogens is 1. The average Bonchev–Trinajstić information content (AvgIpc) is 3.29. The van der Waals surface area contributed by atoms with E-state index in [0.717, 1.165) is 44.0 Å². The predicted octanol–water partition coefficient (Wildman–Crippen LogP) is 3.61. The van der Waals surface area contributed by atoms with Gasteiger partial charge in [0.1, 0.15) is 0 Å². The molecule has 150 valence electrons. The normalized spacial score (nSPS) is 19.4. The Morgan fingerprint density at radius 2 is 1.97 bits per heavy atom.